The van der Waals surface area contributed by atoms with Gasteiger partial charge in [0.2, 0.25) is 5.91 Å². The number of ether oxygens (including phenoxy) is 2. The molecule has 0 aliphatic heterocycles. The van der Waals surface area contributed by atoms with Gasteiger partial charge in [0.05, 0.1) is 19.9 Å². The first-order valence-corrected chi connectivity index (χ1v) is 9.12. The zero-order chi connectivity index (χ0) is 19.2. The predicted molar refractivity (Wildman–Crippen MR) is 103 cm³/mol. The summed E-state index contributed by atoms with van der Waals surface area (Å²) in [6.45, 7) is 0. The fourth-order valence-electron chi connectivity index (χ4n) is 2.47. The summed E-state index contributed by atoms with van der Waals surface area (Å²) < 4.78 is 9.79. The molecule has 1 aromatic carbocycles. The number of carbonyl (C=O) groups excluding carboxylic acids is 2. The van der Waals surface area contributed by atoms with Gasteiger partial charge in [0, 0.05) is 23.6 Å². The monoisotopic (exact) mass is 385 g/mol. The molecule has 140 valence electrons. The highest BCUT2D eigenvalue weighted by atomic mass is 32.1. The van der Waals surface area contributed by atoms with Gasteiger partial charge in [-0.3, -0.25) is 4.79 Å². The Labute approximate surface area is 160 Å². The fourth-order valence-corrected chi connectivity index (χ4v) is 3.20. The van der Waals surface area contributed by atoms with Crippen LogP contribution in [0.2, 0.25) is 0 Å². The van der Waals surface area contributed by atoms with E-state index in [2.05, 4.69) is 20.0 Å². The summed E-state index contributed by atoms with van der Waals surface area (Å²) in [7, 11) is 2.94. The minimum atomic E-state index is -0.441. The number of hydrogen-bond donors (Lipinski definition) is 2. The van der Waals surface area contributed by atoms with E-state index in [1.165, 1.54) is 18.4 Å². The third-order valence-corrected chi connectivity index (χ3v) is 4.69. The molecule has 0 aliphatic carbocycles. The lowest BCUT2D eigenvalue weighted by atomic mass is 10.1. The zero-order valence-corrected chi connectivity index (χ0v) is 15.8. The number of nitrogens with one attached hydrogen (secondary N) is 2. The Hall–Kier alpha value is -3.13. The van der Waals surface area contributed by atoms with Crippen molar-refractivity contribution in [2.24, 2.45) is 0 Å². The van der Waals surface area contributed by atoms with Gasteiger partial charge in [-0.25, -0.2) is 9.78 Å². The first kappa shape index (κ1) is 18.7. The summed E-state index contributed by atoms with van der Waals surface area (Å²) in [5.41, 5.74) is 2.85. The number of aromatic nitrogens is 2. The van der Waals surface area contributed by atoms with Gasteiger partial charge in [-0.15, -0.1) is 11.3 Å². The standard InChI is InChI=1S/C19H19N3O4S/c1-25-14-6-3-12(4-7-14)5-8-17(23)22-19-21-16(11-27-19)13-9-15(20-10-13)18(24)26-2/h3-4,6-7,9-11,20H,5,8H2,1-2H3,(H,21,22,23). The summed E-state index contributed by atoms with van der Waals surface area (Å²) in [6, 6.07) is 9.30. The van der Waals surface area contributed by atoms with E-state index in [0.717, 1.165) is 16.9 Å². The van der Waals surface area contributed by atoms with E-state index >= 15 is 0 Å². The largest absolute Gasteiger partial charge is 0.497 e. The lowest BCUT2D eigenvalue weighted by Crippen LogP contribution is -2.12. The maximum absolute atomic E-state index is 12.2. The third kappa shape index (κ3) is 4.73. The van der Waals surface area contributed by atoms with Crippen LogP contribution in [0.25, 0.3) is 11.3 Å². The fraction of sp³-hybridized carbons (Fsp3) is 0.211. The molecule has 2 heterocycles. The van der Waals surface area contributed by atoms with Gasteiger partial charge >= 0.3 is 5.97 Å². The average molecular weight is 385 g/mol. The number of anilines is 1. The average Bonchev–Trinajstić information content (AvgIpc) is 3.35. The molecule has 0 fully saturated rings. The molecule has 2 aromatic heterocycles. The molecule has 0 saturated carbocycles. The molecule has 27 heavy (non-hydrogen) atoms. The molecule has 2 N–H and O–H groups in total. The van der Waals surface area contributed by atoms with Gasteiger partial charge in [0.25, 0.3) is 0 Å². The van der Waals surface area contributed by atoms with Crippen molar-refractivity contribution in [3.8, 4) is 17.0 Å². The molecule has 1 amide bonds. The van der Waals surface area contributed by atoms with Gasteiger partial charge in [-0.2, -0.15) is 0 Å². The van der Waals surface area contributed by atoms with Crippen molar-refractivity contribution in [1.29, 1.82) is 0 Å². The van der Waals surface area contributed by atoms with E-state index in [4.69, 9.17) is 4.74 Å². The summed E-state index contributed by atoms with van der Waals surface area (Å²) >= 11 is 1.33. The third-order valence-electron chi connectivity index (χ3n) is 3.93. The molecule has 0 spiro atoms. The SMILES string of the molecule is COC(=O)c1cc(-c2csc(NC(=O)CCc3ccc(OC)cc3)n2)c[nH]1. The van der Waals surface area contributed by atoms with Crippen LogP contribution in [-0.2, 0) is 16.0 Å². The van der Waals surface area contributed by atoms with E-state index in [9.17, 15) is 9.59 Å². The van der Waals surface area contributed by atoms with E-state index < -0.39 is 5.97 Å². The summed E-state index contributed by atoms with van der Waals surface area (Å²) in [4.78, 5) is 30.9. The Morgan fingerprint density at radius 3 is 2.70 bits per heavy atom. The second-order valence-corrected chi connectivity index (χ2v) is 6.59. The molecule has 0 aliphatic rings. The second-order valence-electron chi connectivity index (χ2n) is 5.73. The van der Waals surface area contributed by atoms with Gasteiger partial charge in [-0.05, 0) is 30.2 Å². The van der Waals surface area contributed by atoms with Crippen molar-refractivity contribution < 1.29 is 19.1 Å². The topological polar surface area (TPSA) is 93.3 Å². The molecular weight excluding hydrogens is 366 g/mol. The summed E-state index contributed by atoms with van der Waals surface area (Å²) in [5.74, 6) is 0.248. The molecule has 8 heteroatoms. The summed E-state index contributed by atoms with van der Waals surface area (Å²) in [6.07, 6.45) is 2.67. The summed E-state index contributed by atoms with van der Waals surface area (Å²) in [5, 5.41) is 5.15. The van der Waals surface area contributed by atoms with Gasteiger partial charge in [0.15, 0.2) is 5.13 Å². The maximum Gasteiger partial charge on any atom is 0.354 e. The van der Waals surface area contributed by atoms with Crippen LogP contribution < -0.4 is 10.1 Å². The molecular formula is C19H19N3O4S. The van der Waals surface area contributed by atoms with Crippen molar-refractivity contribution in [3.05, 3.63) is 53.2 Å². The number of aryl methyl sites for hydroxylation is 1. The highest BCUT2D eigenvalue weighted by Gasteiger charge is 2.13. The smallest absolute Gasteiger partial charge is 0.354 e. The Kier molecular flexibility index (Phi) is 5.87. The number of benzene rings is 1. The Balaban J connectivity index is 1.55. The number of hydrogen-bond acceptors (Lipinski definition) is 6. The Morgan fingerprint density at radius 2 is 2.00 bits per heavy atom. The lowest BCUT2D eigenvalue weighted by molar-refractivity contribution is -0.116. The first-order chi connectivity index (χ1) is 13.1. The van der Waals surface area contributed by atoms with Crippen molar-refractivity contribution in [2.45, 2.75) is 12.8 Å². The van der Waals surface area contributed by atoms with Crippen LogP contribution in [0.3, 0.4) is 0 Å². The van der Waals surface area contributed by atoms with Gasteiger partial charge in [0.1, 0.15) is 11.4 Å². The maximum atomic E-state index is 12.2. The molecule has 0 bridgehead atoms. The zero-order valence-electron chi connectivity index (χ0n) is 14.9. The van der Waals surface area contributed by atoms with Crippen molar-refractivity contribution in [1.82, 2.24) is 9.97 Å². The van der Waals surface area contributed by atoms with Crippen LogP contribution in [0.5, 0.6) is 5.75 Å². The second kappa shape index (κ2) is 8.50. The molecule has 3 rings (SSSR count). The van der Waals surface area contributed by atoms with Crippen molar-refractivity contribution >= 4 is 28.3 Å². The number of rotatable bonds is 7. The van der Waals surface area contributed by atoms with Crippen LogP contribution in [0.1, 0.15) is 22.5 Å². The van der Waals surface area contributed by atoms with Crippen molar-refractivity contribution in [2.75, 3.05) is 19.5 Å². The molecule has 0 unspecified atom stereocenters. The number of thiazole rings is 1. The first-order valence-electron chi connectivity index (χ1n) is 8.24. The molecule has 7 nitrogen and oxygen atoms in total. The van der Waals surface area contributed by atoms with Crippen LogP contribution in [-0.4, -0.2) is 36.1 Å². The highest BCUT2D eigenvalue weighted by molar-refractivity contribution is 7.14. The molecule has 3 aromatic rings. The van der Waals surface area contributed by atoms with Gasteiger partial charge in [-0.1, -0.05) is 12.1 Å². The van der Waals surface area contributed by atoms with E-state index in [-0.39, 0.29) is 5.91 Å². The van der Waals surface area contributed by atoms with Crippen LogP contribution in [0.4, 0.5) is 5.13 Å². The van der Waals surface area contributed by atoms with Crippen LogP contribution in [0, 0.1) is 0 Å². The Bertz CT molecular complexity index is 931. The number of esters is 1. The predicted octanol–water partition coefficient (Wildman–Crippen LogP) is 3.50. The molecule has 0 saturated heterocycles. The normalized spacial score (nSPS) is 10.4. The highest BCUT2D eigenvalue weighted by Crippen LogP contribution is 2.26. The number of aromatic amines is 1. The van der Waals surface area contributed by atoms with Crippen LogP contribution in [0.15, 0.2) is 41.9 Å². The Morgan fingerprint density at radius 1 is 1.22 bits per heavy atom. The number of H-pyrrole nitrogens is 1. The minimum Gasteiger partial charge on any atom is -0.497 e. The molecule has 0 radical (unpaired) electrons. The van der Waals surface area contributed by atoms with E-state index in [1.54, 1.807) is 19.4 Å². The number of carbonyl (C=O) groups is 2. The van der Waals surface area contributed by atoms with Crippen LogP contribution >= 0.6 is 11.3 Å². The van der Waals surface area contributed by atoms with Crippen molar-refractivity contribution in [3.63, 3.8) is 0 Å². The quantitative estimate of drug-likeness (QED) is 0.607. The number of methoxy groups -OCH3 is 2. The van der Waals surface area contributed by atoms with Gasteiger partial charge < -0.3 is 19.8 Å². The number of nitrogens with zero attached hydrogens (tertiary/aromatic N) is 1. The van der Waals surface area contributed by atoms with E-state index in [1.807, 2.05) is 29.6 Å². The molecule has 0 atom stereocenters. The van der Waals surface area contributed by atoms with E-state index in [0.29, 0.717) is 29.4 Å². The minimum absolute atomic E-state index is 0.101. The lowest BCUT2D eigenvalue weighted by Gasteiger charge is -2.04. The number of amides is 1.